The van der Waals surface area contributed by atoms with E-state index in [1.807, 2.05) is 32.9 Å². The number of rotatable bonds is 5. The molecule has 0 N–H and O–H groups in total. The number of piperidine rings is 1. The number of aromatic nitrogens is 3. The van der Waals surface area contributed by atoms with E-state index in [1.54, 1.807) is 23.0 Å². The van der Waals surface area contributed by atoms with E-state index in [2.05, 4.69) is 9.97 Å². The Kier molecular flexibility index (Phi) is 4.76. The van der Waals surface area contributed by atoms with Gasteiger partial charge < -0.3 is 14.4 Å². The molecule has 138 valence electrons. The van der Waals surface area contributed by atoms with Crippen LogP contribution in [0.1, 0.15) is 30.8 Å². The van der Waals surface area contributed by atoms with Crippen molar-refractivity contribution in [2.75, 3.05) is 13.1 Å². The SMILES string of the molecule is Cc1nccn1CCC(=O)N1C[C@H]2CC[C@@H](C1)N(Cc1cscn1)C2=O. The number of fused-ring (bicyclic) bond motifs is 4. The first-order chi connectivity index (χ1) is 12.6. The molecular formula is C18H23N5O2S. The Hall–Kier alpha value is -2.22. The molecule has 0 saturated carbocycles. The molecule has 3 aliphatic rings. The molecule has 0 aliphatic carbocycles. The first-order valence-electron chi connectivity index (χ1n) is 9.05. The molecule has 26 heavy (non-hydrogen) atoms. The van der Waals surface area contributed by atoms with Crippen LogP contribution in [0.25, 0.3) is 0 Å². The van der Waals surface area contributed by atoms with E-state index in [1.165, 1.54) is 0 Å². The molecule has 7 nitrogen and oxygen atoms in total. The summed E-state index contributed by atoms with van der Waals surface area (Å²) in [5.74, 6) is 1.14. The zero-order valence-electron chi connectivity index (χ0n) is 14.9. The van der Waals surface area contributed by atoms with Gasteiger partial charge in [0.15, 0.2) is 0 Å². The third-order valence-electron chi connectivity index (χ3n) is 5.45. The summed E-state index contributed by atoms with van der Waals surface area (Å²) in [6, 6.07) is 0.0990. The van der Waals surface area contributed by atoms with Gasteiger partial charge in [-0.05, 0) is 19.8 Å². The van der Waals surface area contributed by atoms with Crippen LogP contribution in [0.2, 0.25) is 0 Å². The van der Waals surface area contributed by atoms with Gasteiger partial charge in [-0.2, -0.15) is 0 Å². The largest absolute Gasteiger partial charge is 0.340 e. The lowest BCUT2D eigenvalue weighted by molar-refractivity contribution is -0.140. The topological polar surface area (TPSA) is 71.3 Å². The van der Waals surface area contributed by atoms with Crippen molar-refractivity contribution >= 4 is 23.2 Å². The summed E-state index contributed by atoms with van der Waals surface area (Å²) in [6.07, 6.45) is 5.93. The van der Waals surface area contributed by atoms with Crippen molar-refractivity contribution in [1.82, 2.24) is 24.3 Å². The first-order valence-corrected chi connectivity index (χ1v) is 9.99. The second-order valence-electron chi connectivity index (χ2n) is 7.09. The molecule has 2 aromatic heterocycles. The fourth-order valence-electron chi connectivity index (χ4n) is 3.96. The highest BCUT2D eigenvalue weighted by molar-refractivity contribution is 7.07. The molecule has 2 amide bonds. The molecule has 5 rings (SSSR count). The van der Waals surface area contributed by atoms with Crippen molar-refractivity contribution < 1.29 is 9.59 Å². The lowest BCUT2D eigenvalue weighted by Gasteiger charge is -2.35. The number of hydrogen-bond acceptors (Lipinski definition) is 5. The van der Waals surface area contributed by atoms with E-state index in [-0.39, 0.29) is 23.8 Å². The van der Waals surface area contributed by atoms with Gasteiger partial charge in [-0.1, -0.05) is 0 Å². The van der Waals surface area contributed by atoms with Crippen LogP contribution in [0.15, 0.2) is 23.3 Å². The highest BCUT2D eigenvalue weighted by atomic mass is 32.1. The van der Waals surface area contributed by atoms with Crippen LogP contribution in [0.5, 0.6) is 0 Å². The lowest BCUT2D eigenvalue weighted by atomic mass is 9.94. The number of imidazole rings is 1. The molecule has 0 unspecified atom stereocenters. The normalized spacial score (nSPS) is 22.7. The molecule has 0 radical (unpaired) electrons. The zero-order chi connectivity index (χ0) is 18.1. The van der Waals surface area contributed by atoms with Crippen LogP contribution in [0, 0.1) is 12.8 Å². The molecule has 5 heterocycles. The molecule has 3 aliphatic heterocycles. The van der Waals surface area contributed by atoms with Gasteiger partial charge in [0.05, 0.1) is 23.7 Å². The van der Waals surface area contributed by atoms with Gasteiger partial charge in [-0.15, -0.1) is 11.3 Å². The van der Waals surface area contributed by atoms with Crippen molar-refractivity contribution in [2.45, 2.75) is 45.3 Å². The summed E-state index contributed by atoms with van der Waals surface area (Å²) in [5.41, 5.74) is 2.73. The van der Waals surface area contributed by atoms with Crippen LogP contribution in [-0.2, 0) is 22.7 Å². The van der Waals surface area contributed by atoms with Gasteiger partial charge in [0.25, 0.3) is 0 Å². The van der Waals surface area contributed by atoms with Crippen molar-refractivity contribution in [1.29, 1.82) is 0 Å². The Bertz CT molecular complexity index is 787. The molecule has 8 heteroatoms. The Morgan fingerprint density at radius 3 is 2.92 bits per heavy atom. The molecule has 3 fully saturated rings. The fourth-order valence-corrected chi connectivity index (χ4v) is 4.51. The quantitative estimate of drug-likeness (QED) is 0.800. The Morgan fingerprint density at radius 2 is 2.19 bits per heavy atom. The number of carbonyl (C=O) groups excluding carboxylic acids is 2. The highest BCUT2D eigenvalue weighted by Crippen LogP contribution is 2.30. The predicted octanol–water partition coefficient (Wildman–Crippen LogP) is 1.69. The summed E-state index contributed by atoms with van der Waals surface area (Å²) in [5, 5.41) is 1.99. The molecule has 2 bridgehead atoms. The average molecular weight is 373 g/mol. The fraction of sp³-hybridized carbons (Fsp3) is 0.556. The number of thiazole rings is 1. The minimum absolute atomic E-state index is 0.0775. The zero-order valence-corrected chi connectivity index (χ0v) is 15.7. The van der Waals surface area contributed by atoms with Gasteiger partial charge >= 0.3 is 0 Å². The van der Waals surface area contributed by atoms with Gasteiger partial charge in [0.2, 0.25) is 11.8 Å². The van der Waals surface area contributed by atoms with Crippen molar-refractivity contribution in [3.8, 4) is 0 Å². The Morgan fingerprint density at radius 1 is 1.31 bits per heavy atom. The Balaban J connectivity index is 1.42. The molecule has 2 aromatic rings. The molecule has 0 spiro atoms. The van der Waals surface area contributed by atoms with Crippen molar-refractivity contribution in [2.24, 2.45) is 5.92 Å². The Labute approximate surface area is 156 Å². The highest BCUT2D eigenvalue weighted by Gasteiger charge is 2.41. The number of amides is 2. The minimum Gasteiger partial charge on any atom is -0.340 e. The van der Waals surface area contributed by atoms with Gasteiger partial charge in [0.1, 0.15) is 5.82 Å². The molecule has 2 atom stereocenters. The second kappa shape index (κ2) is 7.19. The van der Waals surface area contributed by atoms with Crippen LogP contribution in [0.3, 0.4) is 0 Å². The molecular weight excluding hydrogens is 350 g/mol. The van der Waals surface area contributed by atoms with Crippen LogP contribution in [-0.4, -0.2) is 55.3 Å². The maximum absolute atomic E-state index is 12.8. The summed E-state index contributed by atoms with van der Waals surface area (Å²) >= 11 is 1.55. The van der Waals surface area contributed by atoms with Crippen molar-refractivity contribution in [3.05, 3.63) is 34.8 Å². The number of carbonyl (C=O) groups is 2. The third kappa shape index (κ3) is 3.38. The lowest BCUT2D eigenvalue weighted by Crippen LogP contribution is -2.47. The number of aryl methyl sites for hydroxylation is 2. The van der Waals surface area contributed by atoms with E-state index in [0.717, 1.165) is 24.4 Å². The average Bonchev–Trinajstić information content (AvgIpc) is 3.20. The monoisotopic (exact) mass is 373 g/mol. The third-order valence-corrected chi connectivity index (χ3v) is 6.09. The summed E-state index contributed by atoms with van der Waals surface area (Å²) < 4.78 is 1.99. The van der Waals surface area contributed by atoms with Crippen LogP contribution in [0.4, 0.5) is 0 Å². The van der Waals surface area contributed by atoms with E-state index >= 15 is 0 Å². The predicted molar refractivity (Wildman–Crippen MR) is 97.3 cm³/mol. The van der Waals surface area contributed by atoms with Crippen LogP contribution >= 0.6 is 11.3 Å². The summed E-state index contributed by atoms with van der Waals surface area (Å²) in [7, 11) is 0. The smallest absolute Gasteiger partial charge is 0.228 e. The minimum atomic E-state index is -0.0775. The van der Waals surface area contributed by atoms with Crippen molar-refractivity contribution in [3.63, 3.8) is 0 Å². The second-order valence-corrected chi connectivity index (χ2v) is 7.81. The summed E-state index contributed by atoms with van der Waals surface area (Å²) in [6.45, 7) is 4.30. The maximum Gasteiger partial charge on any atom is 0.228 e. The maximum atomic E-state index is 12.8. The van der Waals surface area contributed by atoms with E-state index in [4.69, 9.17) is 0 Å². The van der Waals surface area contributed by atoms with Crippen LogP contribution < -0.4 is 0 Å². The number of hydrogen-bond donors (Lipinski definition) is 0. The first kappa shape index (κ1) is 17.2. The number of nitrogens with zero attached hydrogens (tertiary/aromatic N) is 5. The molecule has 3 saturated heterocycles. The van der Waals surface area contributed by atoms with Gasteiger partial charge in [0, 0.05) is 49.9 Å². The van der Waals surface area contributed by atoms with Gasteiger partial charge in [-0.3, -0.25) is 9.59 Å². The van der Waals surface area contributed by atoms with E-state index in [9.17, 15) is 9.59 Å². The van der Waals surface area contributed by atoms with E-state index < -0.39 is 0 Å². The standard InChI is InChI=1S/C18H23N5O2S/c1-13-19-5-7-21(13)6-4-17(24)22-8-14-2-3-16(10-22)23(18(14)25)9-15-11-26-12-20-15/h5,7,11-12,14,16H,2-4,6,8-10H2,1H3/t14-,16+/m1/s1. The van der Waals surface area contributed by atoms with Gasteiger partial charge in [-0.25, -0.2) is 9.97 Å². The molecule has 0 aromatic carbocycles. The van der Waals surface area contributed by atoms with E-state index in [0.29, 0.717) is 32.6 Å². The summed E-state index contributed by atoms with van der Waals surface area (Å²) in [4.78, 5) is 37.9.